The van der Waals surface area contributed by atoms with Crippen molar-refractivity contribution in [3.8, 4) is 0 Å². The molecule has 20 heavy (non-hydrogen) atoms. The zero-order chi connectivity index (χ0) is 15.5. The first-order valence-electron chi connectivity index (χ1n) is 7.90. The van der Waals surface area contributed by atoms with Gasteiger partial charge in [0.25, 0.3) is 0 Å². The molecule has 4 atom stereocenters. The molecular formula is C17H31FO2. The van der Waals surface area contributed by atoms with Crippen molar-refractivity contribution < 1.29 is 13.9 Å². The molecule has 118 valence electrons. The maximum absolute atomic E-state index is 14.5. The van der Waals surface area contributed by atoms with Crippen LogP contribution in [-0.2, 0) is 9.47 Å². The second kappa shape index (κ2) is 7.04. The molecule has 1 heterocycles. The maximum Gasteiger partial charge on any atom is 0.163 e. The van der Waals surface area contributed by atoms with E-state index in [2.05, 4.69) is 27.7 Å². The number of rotatable bonds is 6. The van der Waals surface area contributed by atoms with Gasteiger partial charge in [0, 0.05) is 5.92 Å². The highest BCUT2D eigenvalue weighted by Gasteiger charge is 2.44. The molecule has 0 saturated carbocycles. The standard InChI is InChI=1S/C17H31FO2/c1-8-9-15-16(20-17(6,7)19-15)13(5)14(18)10-12(4)11(2)3/h10-13,15-16H,8-9H2,1-7H3/b14-10+/t12-,13-,15+,16-/m1/s1. The predicted molar refractivity (Wildman–Crippen MR) is 81.1 cm³/mol. The molecule has 1 saturated heterocycles. The summed E-state index contributed by atoms with van der Waals surface area (Å²) in [7, 11) is 0. The smallest absolute Gasteiger partial charge is 0.163 e. The first kappa shape index (κ1) is 17.6. The van der Waals surface area contributed by atoms with Crippen LogP contribution in [0.2, 0.25) is 0 Å². The first-order chi connectivity index (χ1) is 9.18. The van der Waals surface area contributed by atoms with E-state index in [1.54, 1.807) is 6.08 Å². The predicted octanol–water partition coefficient (Wildman–Crippen LogP) is 5.09. The van der Waals surface area contributed by atoms with Crippen LogP contribution in [0.25, 0.3) is 0 Å². The van der Waals surface area contributed by atoms with Gasteiger partial charge in [0.2, 0.25) is 0 Å². The van der Waals surface area contributed by atoms with Gasteiger partial charge in [0.1, 0.15) is 5.83 Å². The van der Waals surface area contributed by atoms with Crippen LogP contribution in [-0.4, -0.2) is 18.0 Å². The summed E-state index contributed by atoms with van der Waals surface area (Å²) in [5, 5.41) is 0. The Bertz CT molecular complexity index is 336. The molecule has 0 spiro atoms. The molecule has 0 aliphatic carbocycles. The summed E-state index contributed by atoms with van der Waals surface area (Å²) < 4.78 is 26.3. The summed E-state index contributed by atoms with van der Waals surface area (Å²) in [6.07, 6.45) is 3.46. The van der Waals surface area contributed by atoms with Crippen molar-refractivity contribution in [3.63, 3.8) is 0 Å². The van der Waals surface area contributed by atoms with Gasteiger partial charge >= 0.3 is 0 Å². The van der Waals surface area contributed by atoms with Crippen LogP contribution in [0.3, 0.4) is 0 Å². The van der Waals surface area contributed by atoms with Gasteiger partial charge in [-0.15, -0.1) is 0 Å². The highest BCUT2D eigenvalue weighted by Crippen LogP contribution is 2.37. The maximum atomic E-state index is 14.5. The zero-order valence-electron chi connectivity index (χ0n) is 14.1. The summed E-state index contributed by atoms with van der Waals surface area (Å²) in [4.78, 5) is 0. The molecule has 2 nitrogen and oxygen atoms in total. The molecule has 0 aromatic heterocycles. The Morgan fingerprint density at radius 2 is 1.80 bits per heavy atom. The third kappa shape index (κ3) is 4.56. The van der Waals surface area contributed by atoms with Gasteiger partial charge in [-0.05, 0) is 38.2 Å². The van der Waals surface area contributed by atoms with Gasteiger partial charge in [-0.2, -0.15) is 0 Å². The monoisotopic (exact) mass is 286 g/mol. The fraction of sp³-hybridized carbons (Fsp3) is 0.882. The van der Waals surface area contributed by atoms with Gasteiger partial charge < -0.3 is 9.47 Å². The number of ether oxygens (including phenoxy) is 2. The normalized spacial score (nSPS) is 29.8. The average Bonchev–Trinajstić information content (AvgIpc) is 2.63. The Balaban J connectivity index is 2.80. The van der Waals surface area contributed by atoms with Crippen LogP contribution >= 0.6 is 0 Å². The summed E-state index contributed by atoms with van der Waals surface area (Å²) in [6.45, 7) is 14.1. The summed E-state index contributed by atoms with van der Waals surface area (Å²) >= 11 is 0. The van der Waals surface area contributed by atoms with Gasteiger partial charge in [-0.1, -0.05) is 41.0 Å². The SMILES string of the molecule is CCC[C@@H]1OC(C)(C)O[C@@H]1[C@H](C)/C(F)=C\[C@@H](C)C(C)C. The number of hydrogen-bond donors (Lipinski definition) is 0. The van der Waals surface area contributed by atoms with E-state index in [4.69, 9.17) is 9.47 Å². The molecule has 1 rings (SSSR count). The average molecular weight is 286 g/mol. The third-order valence-corrected chi connectivity index (χ3v) is 4.20. The zero-order valence-corrected chi connectivity index (χ0v) is 14.1. The Kier molecular flexibility index (Phi) is 6.21. The minimum absolute atomic E-state index is 0.0153. The first-order valence-corrected chi connectivity index (χ1v) is 7.90. The molecule has 0 N–H and O–H groups in total. The Morgan fingerprint density at radius 3 is 2.30 bits per heavy atom. The number of halogens is 1. The molecule has 0 radical (unpaired) electrons. The fourth-order valence-corrected chi connectivity index (χ4v) is 2.55. The number of hydrogen-bond acceptors (Lipinski definition) is 2. The molecular weight excluding hydrogens is 255 g/mol. The van der Waals surface area contributed by atoms with Crippen LogP contribution in [0, 0.1) is 17.8 Å². The minimum Gasteiger partial charge on any atom is -0.345 e. The van der Waals surface area contributed by atoms with Crippen molar-refractivity contribution in [2.24, 2.45) is 17.8 Å². The lowest BCUT2D eigenvalue weighted by Crippen LogP contribution is -2.30. The van der Waals surface area contributed by atoms with E-state index < -0.39 is 5.79 Å². The van der Waals surface area contributed by atoms with Crippen molar-refractivity contribution in [2.45, 2.75) is 79.3 Å². The van der Waals surface area contributed by atoms with Crippen molar-refractivity contribution in [1.82, 2.24) is 0 Å². The van der Waals surface area contributed by atoms with Gasteiger partial charge in [0.05, 0.1) is 12.2 Å². The topological polar surface area (TPSA) is 18.5 Å². The molecule has 0 aromatic carbocycles. The third-order valence-electron chi connectivity index (χ3n) is 4.20. The van der Waals surface area contributed by atoms with Crippen molar-refractivity contribution >= 4 is 0 Å². The minimum atomic E-state index is -0.608. The van der Waals surface area contributed by atoms with Crippen LogP contribution in [0.5, 0.6) is 0 Å². The van der Waals surface area contributed by atoms with E-state index in [0.29, 0.717) is 5.92 Å². The lowest BCUT2D eigenvalue weighted by Gasteiger charge is -2.23. The molecule has 1 aliphatic heterocycles. The highest BCUT2D eigenvalue weighted by molar-refractivity contribution is 5.04. The molecule has 1 aliphatic rings. The van der Waals surface area contributed by atoms with E-state index >= 15 is 0 Å². The number of allylic oxidation sites excluding steroid dienone is 1. The van der Waals surface area contributed by atoms with Crippen molar-refractivity contribution in [3.05, 3.63) is 11.9 Å². The fourth-order valence-electron chi connectivity index (χ4n) is 2.55. The van der Waals surface area contributed by atoms with Crippen LogP contribution < -0.4 is 0 Å². The lowest BCUT2D eigenvalue weighted by molar-refractivity contribution is -0.149. The molecule has 1 fully saturated rings. The van der Waals surface area contributed by atoms with E-state index in [0.717, 1.165) is 12.8 Å². The Morgan fingerprint density at radius 1 is 1.20 bits per heavy atom. The van der Waals surface area contributed by atoms with Gasteiger partial charge in [-0.3, -0.25) is 0 Å². The van der Waals surface area contributed by atoms with Crippen LogP contribution in [0.4, 0.5) is 4.39 Å². The van der Waals surface area contributed by atoms with Crippen LogP contribution in [0.1, 0.15) is 61.3 Å². The second-order valence-electron chi connectivity index (χ2n) is 6.87. The summed E-state index contributed by atoms with van der Waals surface area (Å²) in [5.41, 5.74) is 0. The van der Waals surface area contributed by atoms with Crippen LogP contribution in [0.15, 0.2) is 11.9 Å². The summed E-state index contributed by atoms with van der Waals surface area (Å²) in [6, 6.07) is 0. The highest BCUT2D eigenvalue weighted by atomic mass is 19.1. The molecule has 0 unspecified atom stereocenters. The quantitative estimate of drug-likeness (QED) is 0.677. The largest absolute Gasteiger partial charge is 0.345 e. The van der Waals surface area contributed by atoms with Crippen molar-refractivity contribution in [2.75, 3.05) is 0 Å². The van der Waals surface area contributed by atoms with E-state index in [1.807, 2.05) is 20.8 Å². The molecule has 0 bridgehead atoms. The Labute approximate surface area is 123 Å². The van der Waals surface area contributed by atoms with Gasteiger partial charge in [0.15, 0.2) is 5.79 Å². The lowest BCUT2D eigenvalue weighted by atomic mass is 9.91. The molecule has 3 heteroatoms. The second-order valence-corrected chi connectivity index (χ2v) is 6.87. The van der Waals surface area contributed by atoms with E-state index in [9.17, 15) is 4.39 Å². The molecule has 0 amide bonds. The Hall–Kier alpha value is -0.410. The van der Waals surface area contributed by atoms with Gasteiger partial charge in [-0.25, -0.2) is 4.39 Å². The van der Waals surface area contributed by atoms with Crippen molar-refractivity contribution in [1.29, 1.82) is 0 Å². The summed E-state index contributed by atoms with van der Waals surface area (Å²) in [5.74, 6) is -0.259. The molecule has 0 aromatic rings. The van der Waals surface area contributed by atoms with E-state index in [1.165, 1.54) is 0 Å². The van der Waals surface area contributed by atoms with E-state index in [-0.39, 0.29) is 29.9 Å².